The summed E-state index contributed by atoms with van der Waals surface area (Å²) in [5, 5.41) is 0. The molecule has 14 heavy (non-hydrogen) atoms. The fraction of sp³-hybridized carbons (Fsp3) is 0.154. The molecule has 0 fully saturated rings. The van der Waals surface area contributed by atoms with Crippen LogP contribution in [0, 0.1) is 0 Å². The monoisotopic (exact) mass is 221 g/mol. The van der Waals surface area contributed by atoms with Gasteiger partial charge in [-0.05, 0) is 0 Å². The third kappa shape index (κ3) is 3.91. The van der Waals surface area contributed by atoms with Crippen LogP contribution in [0.5, 0.6) is 0 Å². The van der Waals surface area contributed by atoms with Crippen molar-refractivity contribution in [2.75, 3.05) is 0 Å². The van der Waals surface area contributed by atoms with Gasteiger partial charge in [-0.2, -0.15) is 0 Å². The van der Waals surface area contributed by atoms with Crippen molar-refractivity contribution in [1.82, 2.24) is 0 Å². The molecule has 1 heteroatoms. The first-order chi connectivity index (χ1) is 6.72. The molecule has 0 aliphatic heterocycles. The maximum absolute atomic E-state index is 3.82. The fourth-order valence-corrected chi connectivity index (χ4v) is 1.54. The van der Waals surface area contributed by atoms with E-state index in [-0.39, 0.29) is 0 Å². The number of allylic oxidation sites excluding steroid dienone is 3. The van der Waals surface area contributed by atoms with Gasteiger partial charge in [0.2, 0.25) is 0 Å². The zero-order valence-corrected chi connectivity index (χ0v) is 9.80. The van der Waals surface area contributed by atoms with Crippen LogP contribution in [0.15, 0.2) is 54.6 Å². The van der Waals surface area contributed by atoms with Gasteiger partial charge in [0.1, 0.15) is 0 Å². The second-order valence-corrected chi connectivity index (χ2v) is 4.33. The Balaban J connectivity index is 2.76. The molecule has 0 bridgehead atoms. The molecular weight excluding hydrogens is 207 g/mol. The Morgan fingerprint density at radius 3 is 2.50 bits per heavy atom. The summed E-state index contributed by atoms with van der Waals surface area (Å²) in [6.45, 7) is 5.90. The predicted molar refractivity (Wildman–Crippen MR) is 59.1 cm³/mol. The Hall–Kier alpha value is -0.846. The Morgan fingerprint density at radius 1 is 1.36 bits per heavy atom. The van der Waals surface area contributed by atoms with E-state index in [1.54, 1.807) is 0 Å². The first-order valence-corrected chi connectivity index (χ1v) is 5.31. The second kappa shape index (κ2) is 5.79. The molecule has 0 heterocycles. The van der Waals surface area contributed by atoms with Gasteiger partial charge in [-0.3, -0.25) is 0 Å². The van der Waals surface area contributed by atoms with Crippen molar-refractivity contribution in [3.63, 3.8) is 0 Å². The molecule has 0 N–H and O–H groups in total. The van der Waals surface area contributed by atoms with Crippen LogP contribution in [0.1, 0.15) is 12.5 Å². The molecule has 1 aromatic rings. The topological polar surface area (TPSA) is 0 Å². The molecule has 0 saturated heterocycles. The summed E-state index contributed by atoms with van der Waals surface area (Å²) in [4.78, 5) is 0. The minimum absolute atomic E-state index is 0.958. The van der Waals surface area contributed by atoms with Crippen molar-refractivity contribution in [1.29, 1.82) is 0 Å². The van der Waals surface area contributed by atoms with Gasteiger partial charge >= 0.3 is 94.7 Å². The van der Waals surface area contributed by atoms with Crippen LogP contribution in [0.4, 0.5) is 0 Å². The normalized spacial score (nSPS) is 11.0. The van der Waals surface area contributed by atoms with Crippen LogP contribution in [0.2, 0.25) is 0 Å². The zero-order valence-electron chi connectivity index (χ0n) is 8.40. The Bertz CT molecular complexity index is 347. The molecule has 0 saturated carbocycles. The van der Waals surface area contributed by atoms with Crippen LogP contribution in [-0.4, -0.2) is 4.23 Å². The van der Waals surface area contributed by atoms with Gasteiger partial charge in [-0.1, -0.05) is 0 Å². The Morgan fingerprint density at radius 2 is 2.00 bits per heavy atom. The predicted octanol–water partition coefficient (Wildman–Crippen LogP) is 3.08. The van der Waals surface area contributed by atoms with Crippen LogP contribution in [-0.2, 0) is 23.4 Å². The van der Waals surface area contributed by atoms with Gasteiger partial charge in [0.25, 0.3) is 0 Å². The summed E-state index contributed by atoms with van der Waals surface area (Å²) in [6, 6.07) is 10.4. The number of hydrogen-bond acceptors (Lipinski definition) is 0. The van der Waals surface area contributed by atoms with E-state index in [4.69, 9.17) is 0 Å². The van der Waals surface area contributed by atoms with E-state index < -0.39 is 0 Å². The van der Waals surface area contributed by atoms with Gasteiger partial charge in [-0.15, -0.1) is 0 Å². The minimum atomic E-state index is 0.958. The molecule has 1 aromatic carbocycles. The van der Waals surface area contributed by atoms with Crippen LogP contribution >= 0.6 is 0 Å². The molecule has 0 atom stereocenters. The van der Waals surface area contributed by atoms with Crippen molar-refractivity contribution in [2.45, 2.75) is 13.3 Å². The van der Waals surface area contributed by atoms with Crippen molar-refractivity contribution >= 4 is 4.23 Å². The molecule has 0 amide bonds. The zero-order chi connectivity index (χ0) is 10.4. The molecule has 0 aromatic heterocycles. The van der Waals surface area contributed by atoms with Crippen molar-refractivity contribution in [2.24, 2.45) is 0 Å². The summed E-state index contributed by atoms with van der Waals surface area (Å²) >= 11 is 2.54. The van der Waals surface area contributed by atoms with Gasteiger partial charge in [0.05, 0.1) is 0 Å². The number of rotatable bonds is 4. The first kappa shape index (κ1) is 11.2. The van der Waals surface area contributed by atoms with Crippen LogP contribution in [0.25, 0.3) is 0 Å². The number of hydrogen-bond donors (Lipinski definition) is 0. The Kier molecular flexibility index (Phi) is 4.65. The molecule has 0 aliphatic rings. The van der Waals surface area contributed by atoms with Gasteiger partial charge in [-0.25, -0.2) is 0 Å². The quantitative estimate of drug-likeness (QED) is 0.685. The van der Waals surface area contributed by atoms with Gasteiger partial charge in [0.15, 0.2) is 0 Å². The van der Waals surface area contributed by atoms with Gasteiger partial charge in [0, 0.05) is 0 Å². The molecule has 0 radical (unpaired) electrons. The van der Waals surface area contributed by atoms with E-state index in [1.807, 2.05) is 12.1 Å². The van der Waals surface area contributed by atoms with Crippen molar-refractivity contribution < 1.29 is 17.0 Å². The summed E-state index contributed by atoms with van der Waals surface area (Å²) in [6.07, 6.45) is 5.03. The standard InChI is InChI=1S/C13H14.V/c1-3-8-12(4-2)11-13-9-6-5-7-10-13;/h4-10H,2,11H2,1H3;/b12-8+;. The summed E-state index contributed by atoms with van der Waals surface area (Å²) in [5.74, 6) is 0. The summed E-state index contributed by atoms with van der Waals surface area (Å²) in [5.41, 5.74) is 2.58. The molecule has 0 nitrogen and oxygen atoms in total. The van der Waals surface area contributed by atoms with Crippen LogP contribution in [0.3, 0.4) is 0 Å². The summed E-state index contributed by atoms with van der Waals surface area (Å²) in [7, 11) is 0. The fourth-order valence-electron chi connectivity index (χ4n) is 1.28. The third-order valence-electron chi connectivity index (χ3n) is 1.91. The first-order valence-electron chi connectivity index (χ1n) is 4.62. The van der Waals surface area contributed by atoms with E-state index >= 15 is 0 Å². The van der Waals surface area contributed by atoms with E-state index in [0.29, 0.717) is 0 Å². The molecule has 0 aliphatic carbocycles. The molecular formula is C13H14V. The van der Waals surface area contributed by atoms with Gasteiger partial charge < -0.3 is 0 Å². The number of benzene rings is 1. The average Bonchev–Trinajstić information content (AvgIpc) is 2.17. The molecule has 71 valence electrons. The SMILES string of the molecule is C=C/C(=C\[C](C)=[V])Cc1ccccc1. The molecule has 0 unspecified atom stereocenters. The van der Waals surface area contributed by atoms with Crippen molar-refractivity contribution in [3.05, 3.63) is 60.2 Å². The third-order valence-corrected chi connectivity index (χ3v) is 2.11. The van der Waals surface area contributed by atoms with Crippen molar-refractivity contribution in [3.8, 4) is 0 Å². The van der Waals surface area contributed by atoms with E-state index in [0.717, 1.165) is 6.42 Å². The average molecular weight is 221 g/mol. The van der Waals surface area contributed by atoms with Crippen LogP contribution < -0.4 is 0 Å². The second-order valence-electron chi connectivity index (χ2n) is 3.23. The molecule has 0 spiro atoms. The molecule has 1 rings (SSSR count). The van der Waals surface area contributed by atoms with E-state index in [1.165, 1.54) is 15.4 Å². The van der Waals surface area contributed by atoms with E-state index in [9.17, 15) is 0 Å². The summed E-state index contributed by atoms with van der Waals surface area (Å²) < 4.78 is 1.25. The Labute approximate surface area is 94.8 Å². The van der Waals surface area contributed by atoms with E-state index in [2.05, 4.69) is 60.8 Å². The maximum atomic E-state index is 3.82.